The average molecular weight is 152 g/mol. The van der Waals surface area contributed by atoms with E-state index in [9.17, 15) is 0 Å². The lowest BCUT2D eigenvalue weighted by Crippen LogP contribution is -2.52. The van der Waals surface area contributed by atoms with Gasteiger partial charge in [0.15, 0.2) is 0 Å². The maximum absolute atomic E-state index is 2.48. The fraction of sp³-hybridized carbons (Fsp3) is 1.00. The van der Waals surface area contributed by atoms with Crippen molar-refractivity contribution in [1.29, 1.82) is 0 Å². The van der Waals surface area contributed by atoms with Crippen molar-refractivity contribution in [2.24, 2.45) is 23.2 Å². The van der Waals surface area contributed by atoms with Crippen LogP contribution in [0.3, 0.4) is 0 Å². The van der Waals surface area contributed by atoms with Crippen LogP contribution in [0, 0.1) is 23.2 Å². The maximum Gasteiger partial charge on any atom is -0.0295 e. The first kappa shape index (κ1) is 7.64. The molecule has 3 atom stereocenters. The highest BCUT2D eigenvalue weighted by atomic mass is 14.6. The number of rotatable bonds is 1. The topological polar surface area (TPSA) is 0 Å². The van der Waals surface area contributed by atoms with Gasteiger partial charge in [-0.2, -0.15) is 0 Å². The molecule has 11 heavy (non-hydrogen) atoms. The van der Waals surface area contributed by atoms with Gasteiger partial charge in [0.05, 0.1) is 0 Å². The summed E-state index contributed by atoms with van der Waals surface area (Å²) in [5, 5.41) is 0. The van der Waals surface area contributed by atoms with Gasteiger partial charge in [0.2, 0.25) is 0 Å². The van der Waals surface area contributed by atoms with Crippen molar-refractivity contribution in [1.82, 2.24) is 0 Å². The predicted octanol–water partition coefficient (Wildman–Crippen LogP) is 3.47. The van der Waals surface area contributed by atoms with Gasteiger partial charge in [-0.15, -0.1) is 0 Å². The van der Waals surface area contributed by atoms with Crippen LogP contribution in [0.1, 0.15) is 46.5 Å². The Morgan fingerprint density at radius 2 is 2.00 bits per heavy atom. The predicted molar refractivity (Wildman–Crippen MR) is 48.4 cm³/mol. The largest absolute Gasteiger partial charge is 0.0651 e. The molecule has 0 heteroatoms. The van der Waals surface area contributed by atoms with E-state index in [1.807, 2.05) is 0 Å². The van der Waals surface area contributed by atoms with E-state index in [0.717, 1.165) is 17.8 Å². The fourth-order valence-electron chi connectivity index (χ4n) is 3.45. The molecule has 3 aliphatic rings. The first-order chi connectivity index (χ1) is 5.16. The van der Waals surface area contributed by atoms with E-state index in [4.69, 9.17) is 0 Å². The molecule has 0 aromatic carbocycles. The lowest BCUT2D eigenvalue weighted by molar-refractivity contribution is -0.105. The highest BCUT2D eigenvalue weighted by molar-refractivity contribution is 5.02. The molecule has 0 amide bonds. The van der Waals surface area contributed by atoms with Crippen molar-refractivity contribution in [3.63, 3.8) is 0 Å². The first-order valence-electron chi connectivity index (χ1n) is 5.16. The van der Waals surface area contributed by atoms with Gasteiger partial charge in [-0.25, -0.2) is 0 Å². The van der Waals surface area contributed by atoms with Crippen LogP contribution in [0.25, 0.3) is 0 Å². The van der Waals surface area contributed by atoms with Crippen LogP contribution in [0.5, 0.6) is 0 Å². The van der Waals surface area contributed by atoms with Gasteiger partial charge in [0.1, 0.15) is 0 Å². The van der Waals surface area contributed by atoms with Crippen molar-refractivity contribution in [3.05, 3.63) is 0 Å². The third-order valence-electron chi connectivity index (χ3n) is 4.53. The maximum atomic E-state index is 2.48. The Bertz CT molecular complexity index is 155. The Kier molecular flexibility index (Phi) is 1.56. The zero-order chi connectivity index (χ0) is 8.06. The van der Waals surface area contributed by atoms with E-state index in [0.29, 0.717) is 5.41 Å². The van der Waals surface area contributed by atoms with E-state index in [1.54, 1.807) is 6.42 Å². The third-order valence-corrected chi connectivity index (χ3v) is 4.53. The summed E-state index contributed by atoms with van der Waals surface area (Å²) in [6.45, 7) is 7.32. The summed E-state index contributed by atoms with van der Waals surface area (Å²) in [7, 11) is 0. The van der Waals surface area contributed by atoms with Crippen LogP contribution in [0.2, 0.25) is 0 Å². The minimum Gasteiger partial charge on any atom is -0.0651 e. The molecule has 0 saturated heterocycles. The summed E-state index contributed by atoms with van der Waals surface area (Å²) in [6.07, 6.45) is 6.00. The summed E-state index contributed by atoms with van der Waals surface area (Å²) >= 11 is 0. The summed E-state index contributed by atoms with van der Waals surface area (Å²) in [6, 6.07) is 0. The molecule has 3 aliphatic carbocycles. The molecule has 3 saturated carbocycles. The Morgan fingerprint density at radius 1 is 1.27 bits per heavy atom. The smallest absolute Gasteiger partial charge is 0.0295 e. The number of fused-ring (bicyclic) bond motifs is 2. The molecular formula is C11H20. The van der Waals surface area contributed by atoms with E-state index in [1.165, 1.54) is 19.3 Å². The molecule has 1 unspecified atom stereocenters. The molecule has 0 N–H and O–H groups in total. The summed E-state index contributed by atoms with van der Waals surface area (Å²) < 4.78 is 0. The lowest BCUT2D eigenvalue weighted by Gasteiger charge is -2.60. The molecule has 3 rings (SSSR count). The quantitative estimate of drug-likeness (QED) is 0.539. The van der Waals surface area contributed by atoms with Gasteiger partial charge in [0.25, 0.3) is 0 Å². The van der Waals surface area contributed by atoms with Gasteiger partial charge in [-0.3, -0.25) is 0 Å². The molecule has 0 spiro atoms. The zero-order valence-electron chi connectivity index (χ0n) is 8.06. The second kappa shape index (κ2) is 2.24. The van der Waals surface area contributed by atoms with Crippen molar-refractivity contribution in [3.8, 4) is 0 Å². The van der Waals surface area contributed by atoms with Crippen LogP contribution < -0.4 is 0 Å². The minimum absolute atomic E-state index is 0.707. The Balaban J connectivity index is 2.10. The van der Waals surface area contributed by atoms with E-state index < -0.39 is 0 Å². The Morgan fingerprint density at radius 3 is 2.36 bits per heavy atom. The Hall–Kier alpha value is 0. The first-order valence-corrected chi connectivity index (χ1v) is 5.16. The van der Waals surface area contributed by atoms with Gasteiger partial charge < -0.3 is 0 Å². The van der Waals surface area contributed by atoms with Crippen LogP contribution >= 0.6 is 0 Å². The van der Waals surface area contributed by atoms with Gasteiger partial charge in [-0.05, 0) is 42.4 Å². The molecule has 0 nitrogen and oxygen atoms in total. The van der Waals surface area contributed by atoms with E-state index in [2.05, 4.69) is 20.8 Å². The third kappa shape index (κ3) is 0.878. The molecule has 64 valence electrons. The second-order valence-corrected chi connectivity index (χ2v) is 5.11. The molecule has 3 fully saturated rings. The molecule has 0 aromatic heterocycles. The normalized spacial score (nSPS) is 46.6. The summed E-state index contributed by atoms with van der Waals surface area (Å²) in [5.74, 6) is 3.22. The second-order valence-electron chi connectivity index (χ2n) is 5.11. The molecule has 0 aliphatic heterocycles. The van der Waals surface area contributed by atoms with Crippen molar-refractivity contribution in [2.75, 3.05) is 0 Å². The van der Waals surface area contributed by atoms with Crippen molar-refractivity contribution in [2.45, 2.75) is 46.5 Å². The van der Waals surface area contributed by atoms with Gasteiger partial charge in [0, 0.05) is 0 Å². The van der Waals surface area contributed by atoms with E-state index in [-0.39, 0.29) is 0 Å². The number of hydrogen-bond acceptors (Lipinski definition) is 0. The molecule has 0 aromatic rings. The highest BCUT2D eigenvalue weighted by Gasteiger charge is 2.53. The molecule has 0 radical (unpaired) electrons. The van der Waals surface area contributed by atoms with Crippen molar-refractivity contribution >= 4 is 0 Å². The van der Waals surface area contributed by atoms with Crippen LogP contribution in [0.4, 0.5) is 0 Å². The van der Waals surface area contributed by atoms with Gasteiger partial charge in [-0.1, -0.05) is 27.2 Å². The number of hydrogen-bond donors (Lipinski definition) is 0. The molecule has 0 heterocycles. The Labute approximate surface area is 70.4 Å². The summed E-state index contributed by atoms with van der Waals surface area (Å²) in [5.41, 5.74) is 0.707. The van der Waals surface area contributed by atoms with Crippen molar-refractivity contribution < 1.29 is 0 Å². The van der Waals surface area contributed by atoms with E-state index >= 15 is 0 Å². The van der Waals surface area contributed by atoms with Crippen LogP contribution in [0.15, 0.2) is 0 Å². The monoisotopic (exact) mass is 152 g/mol. The zero-order valence-corrected chi connectivity index (χ0v) is 8.06. The van der Waals surface area contributed by atoms with Crippen LogP contribution in [-0.4, -0.2) is 0 Å². The highest BCUT2D eigenvalue weighted by Crippen LogP contribution is 2.61. The fourth-order valence-corrected chi connectivity index (χ4v) is 3.45. The standard InChI is InChI=1S/C11H20/c1-4-8-5-6-9-7-10(8)11(9,2)3/h8-10H,4-7H2,1-3H3/t8?,9-,10+/m0/s1. The molecule has 2 bridgehead atoms. The van der Waals surface area contributed by atoms with Gasteiger partial charge >= 0.3 is 0 Å². The lowest BCUT2D eigenvalue weighted by atomic mass is 9.45. The SMILES string of the molecule is CCC1CC[C@H]2C[C@H]1C2(C)C. The minimum atomic E-state index is 0.707. The van der Waals surface area contributed by atoms with Crippen LogP contribution in [-0.2, 0) is 0 Å². The summed E-state index contributed by atoms with van der Waals surface area (Å²) in [4.78, 5) is 0. The average Bonchev–Trinajstić information content (AvgIpc) is 2.04. The molecular weight excluding hydrogens is 132 g/mol.